The summed E-state index contributed by atoms with van der Waals surface area (Å²) in [6.07, 6.45) is 2.98. The van der Waals surface area contributed by atoms with Gasteiger partial charge in [-0.1, -0.05) is 60.1 Å². The van der Waals surface area contributed by atoms with E-state index in [9.17, 15) is 4.79 Å². The fourth-order valence-corrected chi connectivity index (χ4v) is 5.11. The number of nitrogens with zero attached hydrogens (tertiary/aromatic N) is 1. The molecule has 1 saturated heterocycles. The Morgan fingerprint density at radius 1 is 1.05 bits per heavy atom. The summed E-state index contributed by atoms with van der Waals surface area (Å²) < 4.78 is 18.3. The molecule has 196 valence electrons. The number of halogens is 1. The molecule has 0 atom stereocenters. The number of carbonyl (C=O) groups is 1. The quantitative estimate of drug-likeness (QED) is 0.364. The van der Waals surface area contributed by atoms with Gasteiger partial charge in [-0.15, -0.1) is 0 Å². The van der Waals surface area contributed by atoms with Gasteiger partial charge >= 0.3 is 13.2 Å². The lowest BCUT2D eigenvalue weighted by Gasteiger charge is -2.32. The topological polar surface area (TPSA) is 69.7 Å². The van der Waals surface area contributed by atoms with Gasteiger partial charge < -0.3 is 19.4 Å². The Labute approximate surface area is 229 Å². The third kappa shape index (κ3) is 5.11. The Hall–Kier alpha value is -3.13. The number of ether oxygens (including phenoxy) is 1. The van der Waals surface area contributed by atoms with Gasteiger partial charge in [-0.05, 0) is 80.1 Å². The second-order valence-corrected chi connectivity index (χ2v) is 11.3. The zero-order valence-electron chi connectivity index (χ0n) is 22.4. The molecule has 2 aliphatic rings. The molecule has 5 rings (SSSR count). The minimum absolute atomic E-state index is 0.00724. The molecule has 1 aromatic heterocycles. The van der Waals surface area contributed by atoms with Crippen LogP contribution in [-0.2, 0) is 14.0 Å². The first-order valence-corrected chi connectivity index (χ1v) is 13.2. The molecule has 1 N–H and O–H groups in total. The smallest absolute Gasteiger partial charge is 0.449 e. The number of hydrogen-bond acceptors (Lipinski definition) is 5. The van der Waals surface area contributed by atoms with Gasteiger partial charge in [-0.3, -0.25) is 4.98 Å². The highest BCUT2D eigenvalue weighted by Crippen LogP contribution is 2.44. The van der Waals surface area contributed by atoms with Crippen molar-refractivity contribution in [2.45, 2.75) is 51.7 Å². The average Bonchev–Trinajstić information content (AvgIpc) is 3.30. The van der Waals surface area contributed by atoms with Crippen LogP contribution in [0.5, 0.6) is 0 Å². The van der Waals surface area contributed by atoms with Crippen LogP contribution in [0, 0.1) is 6.92 Å². The molecule has 0 radical (unpaired) electrons. The lowest BCUT2D eigenvalue weighted by atomic mass is 9.77. The maximum absolute atomic E-state index is 12.9. The van der Waals surface area contributed by atoms with Crippen LogP contribution in [0.2, 0.25) is 5.02 Å². The van der Waals surface area contributed by atoms with Crippen LogP contribution in [0.3, 0.4) is 0 Å². The molecule has 8 heteroatoms. The Kier molecular flexibility index (Phi) is 7.12. The van der Waals surface area contributed by atoms with Crippen molar-refractivity contribution in [2.75, 3.05) is 13.2 Å². The van der Waals surface area contributed by atoms with Gasteiger partial charge in [-0.2, -0.15) is 0 Å². The van der Waals surface area contributed by atoms with Crippen molar-refractivity contribution < 1.29 is 18.8 Å². The fraction of sp³-hybridized carbons (Fsp3) is 0.333. The van der Waals surface area contributed by atoms with E-state index in [-0.39, 0.29) is 19.1 Å². The van der Waals surface area contributed by atoms with Crippen LogP contribution in [0.15, 0.2) is 66.3 Å². The van der Waals surface area contributed by atoms with Gasteiger partial charge in [0.15, 0.2) is 0 Å². The molecule has 0 spiro atoms. The number of aromatic nitrogens is 1. The van der Waals surface area contributed by atoms with Crippen molar-refractivity contribution in [2.24, 2.45) is 0 Å². The third-order valence-corrected chi connectivity index (χ3v) is 7.95. The Morgan fingerprint density at radius 2 is 1.63 bits per heavy atom. The van der Waals surface area contributed by atoms with Gasteiger partial charge in [0.25, 0.3) is 0 Å². The van der Waals surface area contributed by atoms with Crippen molar-refractivity contribution in [3.05, 3.63) is 93.7 Å². The van der Waals surface area contributed by atoms with Crippen LogP contribution in [0.25, 0.3) is 17.2 Å². The summed E-state index contributed by atoms with van der Waals surface area (Å²) in [5.74, 6) is -0.00724. The standard InChI is InChI=1S/C30H32BClN2O4/c1-19-14-21(32)17-33-27(19)15-20(31-37-29(2,3)30(4,5)38-31)16-34-28(35)36-18-26-24-12-8-6-10-22(24)23-11-7-9-13-25(23)26/h6-15,17,26H,16,18H2,1-5H3,(H,34,35). The first kappa shape index (κ1) is 26.5. The lowest BCUT2D eigenvalue weighted by Crippen LogP contribution is -2.41. The summed E-state index contributed by atoms with van der Waals surface area (Å²) in [7, 11) is -0.647. The zero-order valence-corrected chi connectivity index (χ0v) is 23.1. The first-order valence-electron chi connectivity index (χ1n) is 12.8. The number of benzene rings is 2. The summed E-state index contributed by atoms with van der Waals surface area (Å²) in [5, 5.41) is 3.46. The third-order valence-electron chi connectivity index (χ3n) is 7.74. The van der Waals surface area contributed by atoms with Gasteiger partial charge in [0, 0.05) is 18.7 Å². The van der Waals surface area contributed by atoms with Crippen LogP contribution in [-0.4, -0.2) is 42.5 Å². The second kappa shape index (κ2) is 10.2. The van der Waals surface area contributed by atoms with Crippen molar-refractivity contribution in [3.8, 4) is 11.1 Å². The van der Waals surface area contributed by atoms with Gasteiger partial charge in [0.2, 0.25) is 0 Å². The molecule has 3 aromatic rings. The Balaban J connectivity index is 1.31. The maximum Gasteiger partial charge on any atom is 0.492 e. The number of carbonyl (C=O) groups excluding carboxylic acids is 1. The molecule has 0 bridgehead atoms. The van der Waals surface area contributed by atoms with E-state index in [4.69, 9.17) is 25.6 Å². The van der Waals surface area contributed by atoms with Crippen molar-refractivity contribution in [1.82, 2.24) is 10.3 Å². The summed E-state index contributed by atoms with van der Waals surface area (Å²) >= 11 is 6.10. The van der Waals surface area contributed by atoms with E-state index in [2.05, 4.69) is 34.6 Å². The fourth-order valence-electron chi connectivity index (χ4n) is 4.90. The number of hydrogen-bond donors (Lipinski definition) is 1. The number of nitrogens with one attached hydrogen (secondary N) is 1. The summed E-state index contributed by atoms with van der Waals surface area (Å²) in [4.78, 5) is 17.3. The highest BCUT2D eigenvalue weighted by molar-refractivity contribution is 6.56. The minimum Gasteiger partial charge on any atom is -0.449 e. The highest BCUT2D eigenvalue weighted by Gasteiger charge is 2.52. The molecular formula is C30H32BClN2O4. The summed E-state index contributed by atoms with van der Waals surface area (Å²) in [6, 6.07) is 18.4. The predicted molar refractivity (Wildman–Crippen MR) is 151 cm³/mol. The van der Waals surface area contributed by atoms with Crippen molar-refractivity contribution in [1.29, 1.82) is 0 Å². The molecule has 1 fully saturated rings. The summed E-state index contributed by atoms with van der Waals surface area (Å²) in [6.45, 7) is 10.3. The molecule has 1 aliphatic carbocycles. The maximum atomic E-state index is 12.9. The summed E-state index contributed by atoms with van der Waals surface area (Å²) in [5.41, 5.74) is 6.04. The van der Waals surface area contributed by atoms with Crippen LogP contribution in [0.4, 0.5) is 4.79 Å². The van der Waals surface area contributed by atoms with E-state index in [0.717, 1.165) is 16.7 Å². The average molecular weight is 531 g/mol. The van der Waals surface area contributed by atoms with E-state index >= 15 is 0 Å². The van der Waals surface area contributed by atoms with Crippen molar-refractivity contribution >= 4 is 30.9 Å². The number of pyridine rings is 1. The van der Waals surface area contributed by atoms with Crippen molar-refractivity contribution in [3.63, 3.8) is 0 Å². The van der Waals surface area contributed by atoms with Gasteiger partial charge in [-0.25, -0.2) is 4.79 Å². The second-order valence-electron chi connectivity index (χ2n) is 10.8. The SMILES string of the molecule is Cc1cc(Cl)cnc1C=C(CNC(=O)OCC1c2ccccc2-c2ccccc21)B1OC(C)(C)C(C)(C)O1. The number of fused-ring (bicyclic) bond motifs is 3. The Morgan fingerprint density at radius 3 is 2.21 bits per heavy atom. The molecule has 38 heavy (non-hydrogen) atoms. The molecule has 6 nitrogen and oxygen atoms in total. The number of amides is 1. The van der Waals surface area contributed by atoms with Crippen LogP contribution >= 0.6 is 11.6 Å². The van der Waals surface area contributed by atoms with E-state index in [1.54, 1.807) is 6.20 Å². The van der Waals surface area contributed by atoms with E-state index in [0.29, 0.717) is 5.02 Å². The molecule has 2 heterocycles. The van der Waals surface area contributed by atoms with E-state index in [1.165, 1.54) is 22.3 Å². The van der Waals surface area contributed by atoms with E-state index in [1.807, 2.05) is 71.0 Å². The largest absolute Gasteiger partial charge is 0.492 e. The first-order chi connectivity index (χ1) is 18.1. The molecule has 1 aliphatic heterocycles. The molecule has 0 unspecified atom stereocenters. The minimum atomic E-state index is -0.647. The monoisotopic (exact) mass is 530 g/mol. The van der Waals surface area contributed by atoms with E-state index < -0.39 is 24.4 Å². The molecular weight excluding hydrogens is 499 g/mol. The van der Waals surface area contributed by atoms with Crippen LogP contribution < -0.4 is 5.32 Å². The normalized spacial score (nSPS) is 17.7. The van der Waals surface area contributed by atoms with Gasteiger partial charge in [0.1, 0.15) is 6.61 Å². The van der Waals surface area contributed by atoms with Crippen LogP contribution in [0.1, 0.15) is 56.0 Å². The van der Waals surface area contributed by atoms with Gasteiger partial charge in [0.05, 0.1) is 21.9 Å². The molecule has 1 amide bonds. The predicted octanol–water partition coefficient (Wildman–Crippen LogP) is 6.60. The molecule has 0 saturated carbocycles. The molecule has 2 aromatic carbocycles. The number of alkyl carbamates (subject to hydrolysis) is 1. The zero-order chi connectivity index (χ0) is 27.1. The Bertz CT molecular complexity index is 1340. The number of rotatable bonds is 6. The lowest BCUT2D eigenvalue weighted by molar-refractivity contribution is 0.00578. The number of aryl methyl sites for hydroxylation is 1. The highest BCUT2D eigenvalue weighted by atomic mass is 35.5.